The maximum Gasteiger partial charge on any atom is 0.325 e. The summed E-state index contributed by atoms with van der Waals surface area (Å²) < 4.78 is 0. The molecule has 3 heterocycles. The van der Waals surface area contributed by atoms with Gasteiger partial charge in [-0.15, -0.1) is 0 Å². The number of rotatable bonds is 5. The first-order valence-electron chi connectivity index (χ1n) is 8.19. The van der Waals surface area contributed by atoms with Gasteiger partial charge in [-0.05, 0) is 18.6 Å². The van der Waals surface area contributed by atoms with Crippen LogP contribution in [0.2, 0.25) is 0 Å². The summed E-state index contributed by atoms with van der Waals surface area (Å²) in [5, 5.41) is 2.77. The van der Waals surface area contributed by atoms with Gasteiger partial charge in [-0.1, -0.05) is 19.4 Å². The smallest absolute Gasteiger partial charge is 0.325 e. The molecule has 23 heavy (non-hydrogen) atoms. The third-order valence-corrected chi connectivity index (χ3v) is 4.37. The summed E-state index contributed by atoms with van der Waals surface area (Å²) in [5.41, 5.74) is 0. The molecule has 2 fully saturated rings. The number of carbonyl (C=O) groups excluding carboxylic acids is 2. The molecular weight excluding hydrogens is 294 g/mol. The Morgan fingerprint density at radius 3 is 2.65 bits per heavy atom. The number of nitrogens with zero attached hydrogens (tertiary/aromatic N) is 4. The van der Waals surface area contributed by atoms with Crippen molar-refractivity contribution >= 4 is 17.8 Å². The first-order valence-corrected chi connectivity index (χ1v) is 8.19. The zero-order chi connectivity index (χ0) is 16.2. The Morgan fingerprint density at radius 1 is 1.22 bits per heavy atom. The second-order valence-electron chi connectivity index (χ2n) is 5.99. The lowest BCUT2D eigenvalue weighted by atomic mass is 10.2. The van der Waals surface area contributed by atoms with E-state index in [9.17, 15) is 9.59 Å². The van der Waals surface area contributed by atoms with Crippen LogP contribution in [0.5, 0.6) is 0 Å². The summed E-state index contributed by atoms with van der Waals surface area (Å²) in [6, 6.07) is 5.28. The van der Waals surface area contributed by atoms with E-state index in [2.05, 4.69) is 20.1 Å². The number of amides is 3. The molecule has 0 saturated carbocycles. The number of aromatic nitrogens is 1. The Balaban J connectivity index is 1.53. The van der Waals surface area contributed by atoms with Gasteiger partial charge in [0, 0.05) is 32.4 Å². The van der Waals surface area contributed by atoms with Gasteiger partial charge in [0.05, 0.1) is 6.67 Å². The standard InChI is InChI=1S/C16H23N5O2/c1-2-5-13-15(22)21(16(23)18-13)12-19-8-10-20(11-9-19)14-6-3-4-7-17-14/h3-4,6-7,13H,2,5,8-12H2,1H3,(H,18,23)/t13-/m1/s1. The summed E-state index contributed by atoms with van der Waals surface area (Å²) in [5.74, 6) is 0.883. The van der Waals surface area contributed by atoms with Crippen LogP contribution in [0.4, 0.5) is 10.6 Å². The van der Waals surface area contributed by atoms with Crippen molar-refractivity contribution in [3.8, 4) is 0 Å². The second kappa shape index (κ2) is 6.95. The molecule has 0 unspecified atom stereocenters. The van der Waals surface area contributed by atoms with Crippen molar-refractivity contribution in [1.29, 1.82) is 0 Å². The van der Waals surface area contributed by atoms with Crippen LogP contribution in [0.25, 0.3) is 0 Å². The number of piperazine rings is 1. The monoisotopic (exact) mass is 317 g/mol. The van der Waals surface area contributed by atoms with Gasteiger partial charge >= 0.3 is 6.03 Å². The molecule has 2 aliphatic rings. The minimum absolute atomic E-state index is 0.0935. The molecule has 1 N–H and O–H groups in total. The lowest BCUT2D eigenvalue weighted by molar-refractivity contribution is -0.129. The van der Waals surface area contributed by atoms with E-state index in [1.165, 1.54) is 4.90 Å². The largest absolute Gasteiger partial charge is 0.354 e. The number of urea groups is 1. The number of hydrogen-bond acceptors (Lipinski definition) is 5. The van der Waals surface area contributed by atoms with E-state index < -0.39 is 0 Å². The normalized spacial score (nSPS) is 22.6. The van der Waals surface area contributed by atoms with Crippen LogP contribution in [-0.2, 0) is 4.79 Å². The van der Waals surface area contributed by atoms with Crippen molar-refractivity contribution in [3.05, 3.63) is 24.4 Å². The van der Waals surface area contributed by atoms with Gasteiger partial charge in [0.1, 0.15) is 11.9 Å². The third kappa shape index (κ3) is 3.44. The predicted octanol–water partition coefficient (Wildman–Crippen LogP) is 0.882. The number of carbonyl (C=O) groups is 2. The predicted molar refractivity (Wildman–Crippen MR) is 87.0 cm³/mol. The maximum absolute atomic E-state index is 12.3. The number of nitrogens with one attached hydrogen (secondary N) is 1. The van der Waals surface area contributed by atoms with E-state index in [0.717, 1.165) is 38.4 Å². The van der Waals surface area contributed by atoms with Crippen LogP contribution in [0.1, 0.15) is 19.8 Å². The van der Waals surface area contributed by atoms with Gasteiger partial charge in [-0.2, -0.15) is 0 Å². The Labute approximate surface area is 136 Å². The molecule has 0 spiro atoms. The molecule has 0 aromatic carbocycles. The number of hydrogen-bond donors (Lipinski definition) is 1. The van der Waals surface area contributed by atoms with Crippen molar-refractivity contribution in [2.24, 2.45) is 0 Å². The van der Waals surface area contributed by atoms with E-state index in [4.69, 9.17) is 0 Å². The molecule has 2 saturated heterocycles. The van der Waals surface area contributed by atoms with Crippen LogP contribution >= 0.6 is 0 Å². The molecule has 7 nitrogen and oxygen atoms in total. The van der Waals surface area contributed by atoms with Gasteiger partial charge < -0.3 is 10.2 Å². The topological polar surface area (TPSA) is 68.8 Å². The fourth-order valence-corrected chi connectivity index (χ4v) is 3.05. The lowest BCUT2D eigenvalue weighted by Gasteiger charge is -2.36. The minimum atomic E-state index is -0.345. The molecule has 1 aromatic rings. The molecule has 124 valence electrons. The average molecular weight is 317 g/mol. The van der Waals surface area contributed by atoms with Crippen LogP contribution in [-0.4, -0.2) is 65.6 Å². The first kappa shape index (κ1) is 15.7. The highest BCUT2D eigenvalue weighted by atomic mass is 16.2. The van der Waals surface area contributed by atoms with Crippen LogP contribution in [0, 0.1) is 0 Å². The van der Waals surface area contributed by atoms with Crippen molar-refractivity contribution in [3.63, 3.8) is 0 Å². The van der Waals surface area contributed by atoms with Gasteiger partial charge in [0.25, 0.3) is 5.91 Å². The van der Waals surface area contributed by atoms with E-state index in [-0.39, 0.29) is 18.0 Å². The molecule has 0 bridgehead atoms. The van der Waals surface area contributed by atoms with Gasteiger partial charge in [0.15, 0.2) is 0 Å². The highest BCUT2D eigenvalue weighted by Gasteiger charge is 2.38. The van der Waals surface area contributed by atoms with E-state index >= 15 is 0 Å². The minimum Gasteiger partial charge on any atom is -0.354 e. The summed E-state index contributed by atoms with van der Waals surface area (Å²) in [6.45, 7) is 5.70. The van der Waals surface area contributed by atoms with E-state index in [0.29, 0.717) is 13.1 Å². The second-order valence-corrected chi connectivity index (χ2v) is 5.99. The van der Waals surface area contributed by atoms with Crippen molar-refractivity contribution in [2.75, 3.05) is 37.7 Å². The molecule has 3 amide bonds. The van der Waals surface area contributed by atoms with E-state index in [1.807, 2.05) is 25.1 Å². The molecule has 3 rings (SSSR count). The third-order valence-electron chi connectivity index (χ3n) is 4.37. The summed E-state index contributed by atoms with van der Waals surface area (Å²) in [6.07, 6.45) is 3.38. The van der Waals surface area contributed by atoms with Crippen LogP contribution < -0.4 is 10.2 Å². The number of pyridine rings is 1. The number of anilines is 1. The zero-order valence-electron chi connectivity index (χ0n) is 13.4. The summed E-state index contributed by atoms with van der Waals surface area (Å²) >= 11 is 0. The lowest BCUT2D eigenvalue weighted by Crippen LogP contribution is -2.51. The molecule has 1 aromatic heterocycles. The Bertz CT molecular complexity index is 557. The SMILES string of the molecule is CCC[C@H]1NC(=O)N(CN2CCN(c3ccccn3)CC2)C1=O. The highest BCUT2D eigenvalue weighted by Crippen LogP contribution is 2.15. The average Bonchev–Trinajstić information content (AvgIpc) is 2.84. The first-order chi connectivity index (χ1) is 11.2. The zero-order valence-corrected chi connectivity index (χ0v) is 13.4. The molecule has 2 aliphatic heterocycles. The Hall–Kier alpha value is -2.15. The van der Waals surface area contributed by atoms with Crippen LogP contribution in [0.3, 0.4) is 0 Å². The maximum atomic E-state index is 12.3. The molecular formula is C16H23N5O2. The molecule has 7 heteroatoms. The van der Waals surface area contributed by atoms with Crippen molar-refractivity contribution in [2.45, 2.75) is 25.8 Å². The fourth-order valence-electron chi connectivity index (χ4n) is 3.05. The quantitative estimate of drug-likeness (QED) is 0.817. The van der Waals surface area contributed by atoms with Crippen molar-refractivity contribution in [1.82, 2.24) is 20.1 Å². The van der Waals surface area contributed by atoms with Gasteiger partial charge in [0.2, 0.25) is 0 Å². The van der Waals surface area contributed by atoms with Gasteiger partial charge in [-0.3, -0.25) is 9.69 Å². The summed E-state index contributed by atoms with van der Waals surface area (Å²) in [4.78, 5) is 34.3. The molecule has 0 radical (unpaired) electrons. The van der Waals surface area contributed by atoms with Crippen molar-refractivity contribution < 1.29 is 9.59 Å². The summed E-state index contributed by atoms with van der Waals surface area (Å²) in [7, 11) is 0. The van der Waals surface area contributed by atoms with E-state index in [1.54, 1.807) is 6.20 Å². The van der Waals surface area contributed by atoms with Gasteiger partial charge in [-0.25, -0.2) is 14.7 Å². The van der Waals surface area contributed by atoms with Crippen LogP contribution in [0.15, 0.2) is 24.4 Å². The number of imide groups is 1. The molecule has 0 aliphatic carbocycles. The fraction of sp³-hybridized carbons (Fsp3) is 0.562. The Kier molecular flexibility index (Phi) is 4.76. The molecule has 1 atom stereocenters. The highest BCUT2D eigenvalue weighted by molar-refractivity contribution is 6.04. The Morgan fingerprint density at radius 2 is 2.00 bits per heavy atom.